The molecule has 1 aromatic carbocycles. The maximum Gasteiger partial charge on any atom is 0.410 e. The monoisotopic (exact) mass is 637 g/mol. The maximum atomic E-state index is 14.7. The molecule has 0 radical (unpaired) electrons. The van der Waals surface area contributed by atoms with Crippen LogP contribution >= 0.6 is 11.3 Å². The molecule has 2 aromatic rings. The largest absolute Gasteiger partial charge is 0.444 e. The summed E-state index contributed by atoms with van der Waals surface area (Å²) in [6, 6.07) is 7.51. The molecule has 3 aliphatic rings. The highest BCUT2D eigenvalue weighted by Crippen LogP contribution is 2.36. The first kappa shape index (κ1) is 33.1. The molecule has 10 nitrogen and oxygen atoms in total. The second-order valence-electron chi connectivity index (χ2n) is 13.7. The SMILES string of the molecule is C[C@@H](C(=O)N[C@H](C(=O)N1C[C@H]2CCCN2C[C@H]1c1nc(C(=O)c2ccccc2)cs1)C1CCCCC1)N(C)C(=O)OC(C)(C)C. The van der Waals surface area contributed by atoms with Crippen LogP contribution in [0.4, 0.5) is 4.79 Å². The van der Waals surface area contributed by atoms with Gasteiger partial charge >= 0.3 is 6.09 Å². The summed E-state index contributed by atoms with van der Waals surface area (Å²) < 4.78 is 5.48. The Morgan fingerprint density at radius 2 is 1.73 bits per heavy atom. The van der Waals surface area contributed by atoms with Crippen LogP contribution in [-0.4, -0.2) is 93.8 Å². The van der Waals surface area contributed by atoms with E-state index in [0.29, 0.717) is 24.3 Å². The number of rotatable bonds is 8. The Labute approximate surface area is 270 Å². The summed E-state index contributed by atoms with van der Waals surface area (Å²) in [5.41, 5.74) is 0.269. The highest BCUT2D eigenvalue weighted by molar-refractivity contribution is 7.10. The molecule has 1 saturated carbocycles. The van der Waals surface area contributed by atoms with Crippen LogP contribution < -0.4 is 5.32 Å². The number of nitrogens with one attached hydrogen (secondary N) is 1. The predicted molar refractivity (Wildman–Crippen MR) is 173 cm³/mol. The number of fused-ring (bicyclic) bond motifs is 1. The highest BCUT2D eigenvalue weighted by Gasteiger charge is 2.44. The minimum Gasteiger partial charge on any atom is -0.444 e. The van der Waals surface area contributed by atoms with Gasteiger partial charge in [0.05, 0.1) is 6.04 Å². The van der Waals surface area contributed by atoms with Gasteiger partial charge in [-0.1, -0.05) is 49.6 Å². The Kier molecular flexibility index (Phi) is 10.3. The number of aromatic nitrogens is 1. The number of ketones is 1. The summed E-state index contributed by atoms with van der Waals surface area (Å²) in [6.45, 7) is 9.17. The average Bonchev–Trinajstić information content (AvgIpc) is 3.71. The van der Waals surface area contributed by atoms with Gasteiger partial charge < -0.3 is 15.0 Å². The van der Waals surface area contributed by atoms with E-state index in [1.54, 1.807) is 52.3 Å². The molecule has 0 bridgehead atoms. The predicted octanol–water partition coefficient (Wildman–Crippen LogP) is 5.04. The van der Waals surface area contributed by atoms with Crippen LogP contribution in [0.5, 0.6) is 0 Å². The normalized spacial score (nSPS) is 22.3. The van der Waals surface area contributed by atoms with E-state index in [-0.39, 0.29) is 35.6 Å². The molecule has 0 unspecified atom stereocenters. The van der Waals surface area contributed by atoms with Gasteiger partial charge in [0.15, 0.2) is 0 Å². The summed E-state index contributed by atoms with van der Waals surface area (Å²) in [6.07, 6.45) is 6.35. The van der Waals surface area contributed by atoms with Gasteiger partial charge in [-0.25, -0.2) is 9.78 Å². The summed E-state index contributed by atoms with van der Waals surface area (Å²) in [7, 11) is 1.54. The molecule has 3 amide bonds. The second-order valence-corrected chi connectivity index (χ2v) is 14.6. The summed E-state index contributed by atoms with van der Waals surface area (Å²) in [5, 5.41) is 5.62. The Morgan fingerprint density at radius 1 is 1.02 bits per heavy atom. The third kappa shape index (κ3) is 7.74. The quantitative estimate of drug-likeness (QED) is 0.404. The van der Waals surface area contributed by atoms with Crippen LogP contribution in [0.1, 0.15) is 99.7 Å². The fraction of sp³-hybridized carbons (Fsp3) is 0.618. The van der Waals surface area contributed by atoms with Crippen molar-refractivity contribution in [3.63, 3.8) is 0 Å². The smallest absolute Gasteiger partial charge is 0.410 e. The van der Waals surface area contributed by atoms with Crippen LogP contribution in [0, 0.1) is 5.92 Å². The summed E-state index contributed by atoms with van der Waals surface area (Å²) in [5.74, 6) is -0.623. The Morgan fingerprint density at radius 3 is 2.42 bits per heavy atom. The fourth-order valence-corrected chi connectivity index (χ4v) is 7.63. The first-order chi connectivity index (χ1) is 21.4. The van der Waals surface area contributed by atoms with E-state index in [2.05, 4.69) is 10.2 Å². The number of hydrogen-bond acceptors (Lipinski definition) is 8. The van der Waals surface area contributed by atoms with Crippen molar-refractivity contribution in [1.29, 1.82) is 0 Å². The second kappa shape index (κ2) is 14.0. The van der Waals surface area contributed by atoms with Crippen LogP contribution in [0.3, 0.4) is 0 Å². The molecule has 45 heavy (non-hydrogen) atoms. The molecule has 4 atom stereocenters. The van der Waals surface area contributed by atoms with Crippen molar-refractivity contribution in [1.82, 2.24) is 25.0 Å². The lowest BCUT2D eigenvalue weighted by atomic mass is 9.82. The van der Waals surface area contributed by atoms with Gasteiger partial charge in [-0.15, -0.1) is 11.3 Å². The lowest BCUT2D eigenvalue weighted by Crippen LogP contribution is -2.61. The minimum absolute atomic E-state index is 0.00278. The molecule has 1 aromatic heterocycles. The number of ether oxygens (including phenoxy) is 1. The maximum absolute atomic E-state index is 14.7. The standard InChI is InChI=1S/C34H47N5O5S/c1-22(37(5)33(43)44-34(2,3)4)30(41)36-28(23-13-8-6-9-14-23)32(42)39-19-25-17-12-18-38(25)20-27(39)31-35-26(21-45-31)29(40)24-15-10-7-11-16-24/h7,10-11,15-16,21-23,25,27-28H,6,8-9,12-14,17-20H2,1-5H3,(H,36,41)/t22-,25+,27-,28-/m0/s1. The van der Waals surface area contributed by atoms with Gasteiger partial charge in [0.2, 0.25) is 17.6 Å². The topological polar surface area (TPSA) is 112 Å². The van der Waals surface area contributed by atoms with Gasteiger partial charge in [-0.05, 0) is 65.8 Å². The van der Waals surface area contributed by atoms with Crippen molar-refractivity contribution < 1.29 is 23.9 Å². The zero-order valence-corrected chi connectivity index (χ0v) is 28.0. The fourth-order valence-electron chi connectivity index (χ4n) is 6.72. The third-order valence-corrected chi connectivity index (χ3v) is 10.3. The Bertz CT molecular complexity index is 1370. The molecule has 11 heteroatoms. The number of amides is 3. The molecule has 3 heterocycles. The van der Waals surface area contributed by atoms with Crippen LogP contribution in [0.15, 0.2) is 35.7 Å². The van der Waals surface area contributed by atoms with Crippen molar-refractivity contribution in [3.05, 3.63) is 52.0 Å². The van der Waals surface area contributed by atoms with Crippen LogP contribution in [-0.2, 0) is 14.3 Å². The number of carbonyl (C=O) groups excluding carboxylic acids is 4. The van der Waals surface area contributed by atoms with E-state index in [0.717, 1.165) is 56.5 Å². The molecule has 2 saturated heterocycles. The van der Waals surface area contributed by atoms with Crippen LogP contribution in [0.2, 0.25) is 0 Å². The third-order valence-electron chi connectivity index (χ3n) is 9.38. The number of piperazine rings is 1. The molecular weight excluding hydrogens is 590 g/mol. The molecule has 0 spiro atoms. The van der Waals surface area contributed by atoms with Crippen molar-refractivity contribution in [2.75, 3.05) is 26.7 Å². The number of carbonyl (C=O) groups is 4. The number of benzene rings is 1. The van der Waals surface area contributed by atoms with E-state index >= 15 is 0 Å². The molecule has 3 fully saturated rings. The molecular formula is C34H47N5O5S. The molecule has 2 aliphatic heterocycles. The first-order valence-electron chi connectivity index (χ1n) is 16.3. The van der Waals surface area contributed by atoms with Crippen molar-refractivity contribution >= 4 is 35.0 Å². The number of nitrogens with zero attached hydrogens (tertiary/aromatic N) is 4. The van der Waals surface area contributed by atoms with Crippen molar-refractivity contribution in [2.24, 2.45) is 5.92 Å². The molecule has 1 aliphatic carbocycles. The van der Waals surface area contributed by atoms with Gasteiger partial charge in [0, 0.05) is 37.1 Å². The molecule has 1 N–H and O–H groups in total. The summed E-state index contributed by atoms with van der Waals surface area (Å²) in [4.78, 5) is 64.7. The van der Waals surface area contributed by atoms with Crippen molar-refractivity contribution in [3.8, 4) is 0 Å². The molecule has 5 rings (SSSR count). The Balaban J connectivity index is 1.40. The number of hydrogen-bond donors (Lipinski definition) is 1. The summed E-state index contributed by atoms with van der Waals surface area (Å²) >= 11 is 1.41. The van der Waals surface area contributed by atoms with E-state index in [9.17, 15) is 19.2 Å². The minimum atomic E-state index is -0.827. The average molecular weight is 638 g/mol. The van der Waals surface area contributed by atoms with Crippen LogP contribution in [0.25, 0.3) is 0 Å². The lowest BCUT2D eigenvalue weighted by molar-refractivity contribution is -0.144. The lowest BCUT2D eigenvalue weighted by Gasteiger charge is -2.45. The van der Waals surface area contributed by atoms with Gasteiger partial charge in [0.1, 0.15) is 28.4 Å². The first-order valence-corrected chi connectivity index (χ1v) is 17.2. The zero-order chi connectivity index (χ0) is 32.3. The zero-order valence-electron chi connectivity index (χ0n) is 27.2. The van der Waals surface area contributed by atoms with Crippen molar-refractivity contribution in [2.45, 2.75) is 102 Å². The molecule has 244 valence electrons. The van der Waals surface area contributed by atoms with Gasteiger partial charge in [-0.2, -0.15) is 0 Å². The van der Waals surface area contributed by atoms with Gasteiger partial charge in [0.25, 0.3) is 0 Å². The Hall–Kier alpha value is -3.31. The van der Waals surface area contributed by atoms with E-state index in [4.69, 9.17) is 9.72 Å². The van der Waals surface area contributed by atoms with Gasteiger partial charge in [-0.3, -0.25) is 24.2 Å². The van der Waals surface area contributed by atoms with E-state index in [1.807, 2.05) is 23.1 Å². The number of likely N-dealkylation sites (N-methyl/N-ethyl adjacent to an activating group) is 1. The number of thiazole rings is 1. The van der Waals surface area contributed by atoms with E-state index < -0.39 is 23.8 Å². The highest BCUT2D eigenvalue weighted by atomic mass is 32.1. The van der Waals surface area contributed by atoms with E-state index in [1.165, 1.54) is 16.2 Å².